The molecule has 0 aliphatic heterocycles. The lowest BCUT2D eigenvalue weighted by molar-refractivity contribution is -0.147. The number of alkyl carbamates (subject to hydrolysis) is 1. The minimum atomic E-state index is -0.848. The quantitative estimate of drug-likeness (QED) is 0.405. The Bertz CT molecular complexity index is 1140. The van der Waals surface area contributed by atoms with Gasteiger partial charge in [-0.2, -0.15) is 0 Å². The molecule has 0 aromatic heterocycles. The fraction of sp³-hybridized carbons (Fsp3) is 0.516. The first-order valence-electron chi connectivity index (χ1n) is 13.7. The van der Waals surface area contributed by atoms with E-state index in [4.69, 9.17) is 4.74 Å². The van der Waals surface area contributed by atoms with Crippen molar-refractivity contribution >= 4 is 23.6 Å². The van der Waals surface area contributed by atoms with Gasteiger partial charge in [-0.1, -0.05) is 68.3 Å². The summed E-state index contributed by atoms with van der Waals surface area (Å²) >= 11 is 0. The highest BCUT2D eigenvalue weighted by Crippen LogP contribution is 2.35. The van der Waals surface area contributed by atoms with Gasteiger partial charge in [-0.3, -0.25) is 9.59 Å². The van der Waals surface area contributed by atoms with Crippen LogP contribution in [0.2, 0.25) is 0 Å². The first kappa shape index (κ1) is 29.2. The van der Waals surface area contributed by atoms with E-state index >= 15 is 0 Å². The highest BCUT2D eigenvalue weighted by atomic mass is 16.6. The predicted molar refractivity (Wildman–Crippen MR) is 151 cm³/mol. The molecule has 0 saturated heterocycles. The monoisotopic (exact) mass is 521 g/mol. The molecule has 0 radical (unpaired) electrons. The number of nitrogens with one attached hydrogen (secondary N) is 2. The van der Waals surface area contributed by atoms with Crippen LogP contribution in [-0.4, -0.2) is 40.5 Å². The fourth-order valence-corrected chi connectivity index (χ4v) is 4.65. The van der Waals surface area contributed by atoms with Gasteiger partial charge in [0.05, 0.1) is 0 Å². The number of carbonyl (C=O) groups is 3. The Kier molecular flexibility index (Phi) is 9.58. The van der Waals surface area contributed by atoms with Gasteiger partial charge in [0.1, 0.15) is 17.7 Å². The number of aryl methyl sites for hydroxylation is 2. The van der Waals surface area contributed by atoms with Crippen molar-refractivity contribution < 1.29 is 19.1 Å². The summed E-state index contributed by atoms with van der Waals surface area (Å²) in [6.07, 6.45) is 2.65. The number of hydrogen-bond acceptors (Lipinski definition) is 4. The SMILES string of the molecule is CCC(C)C(NC(=O)OC(C)(C)C)C(=O)N(C1CCC1)C(C(=O)Nc1ccccc1C)c1cccc(C)c1. The minimum Gasteiger partial charge on any atom is -0.444 e. The van der Waals surface area contributed by atoms with E-state index in [9.17, 15) is 14.4 Å². The van der Waals surface area contributed by atoms with Gasteiger partial charge in [-0.05, 0) is 77.0 Å². The van der Waals surface area contributed by atoms with Gasteiger partial charge in [0, 0.05) is 11.7 Å². The van der Waals surface area contributed by atoms with Crippen LogP contribution in [0.1, 0.15) is 83.0 Å². The van der Waals surface area contributed by atoms with Crippen LogP contribution in [-0.2, 0) is 14.3 Å². The number of amides is 3. The molecule has 206 valence electrons. The number of para-hydroxylation sites is 1. The minimum absolute atomic E-state index is 0.0948. The topological polar surface area (TPSA) is 87.7 Å². The van der Waals surface area contributed by atoms with Gasteiger partial charge in [0.15, 0.2) is 0 Å². The molecule has 7 heteroatoms. The summed E-state index contributed by atoms with van der Waals surface area (Å²) in [7, 11) is 0. The lowest BCUT2D eigenvalue weighted by Crippen LogP contribution is -2.58. The lowest BCUT2D eigenvalue weighted by Gasteiger charge is -2.44. The Balaban J connectivity index is 2.04. The lowest BCUT2D eigenvalue weighted by atomic mass is 9.86. The van der Waals surface area contributed by atoms with Crippen molar-refractivity contribution in [2.45, 2.75) is 97.9 Å². The van der Waals surface area contributed by atoms with Gasteiger partial charge in [-0.15, -0.1) is 0 Å². The first-order chi connectivity index (χ1) is 17.9. The number of nitrogens with zero attached hydrogens (tertiary/aromatic N) is 1. The molecule has 1 aliphatic carbocycles. The van der Waals surface area contributed by atoms with Crippen molar-refractivity contribution in [1.82, 2.24) is 10.2 Å². The molecule has 0 spiro atoms. The van der Waals surface area contributed by atoms with Crippen LogP contribution in [0.3, 0.4) is 0 Å². The van der Waals surface area contributed by atoms with Crippen LogP contribution in [0.4, 0.5) is 10.5 Å². The summed E-state index contributed by atoms with van der Waals surface area (Å²) in [4.78, 5) is 42.9. The van der Waals surface area contributed by atoms with Crippen LogP contribution in [0.15, 0.2) is 48.5 Å². The predicted octanol–water partition coefficient (Wildman–Crippen LogP) is 6.30. The van der Waals surface area contributed by atoms with Crippen molar-refractivity contribution in [2.75, 3.05) is 5.32 Å². The Hall–Kier alpha value is -3.35. The highest BCUT2D eigenvalue weighted by Gasteiger charge is 2.43. The summed E-state index contributed by atoms with van der Waals surface area (Å²) in [5, 5.41) is 5.91. The Labute approximate surface area is 227 Å². The average molecular weight is 522 g/mol. The maximum atomic E-state index is 14.4. The summed E-state index contributed by atoms with van der Waals surface area (Å²) in [5.74, 6) is -0.693. The van der Waals surface area contributed by atoms with Crippen LogP contribution in [0.5, 0.6) is 0 Å². The summed E-state index contributed by atoms with van der Waals surface area (Å²) in [6, 6.07) is 13.6. The summed E-state index contributed by atoms with van der Waals surface area (Å²) < 4.78 is 5.49. The molecule has 3 atom stereocenters. The van der Waals surface area contributed by atoms with E-state index in [0.29, 0.717) is 12.1 Å². The van der Waals surface area contributed by atoms with E-state index in [2.05, 4.69) is 10.6 Å². The molecule has 38 heavy (non-hydrogen) atoms. The first-order valence-corrected chi connectivity index (χ1v) is 13.7. The summed E-state index contributed by atoms with van der Waals surface area (Å²) in [6.45, 7) is 13.2. The van der Waals surface area contributed by atoms with Crippen molar-refractivity contribution in [1.29, 1.82) is 0 Å². The Morgan fingerprint density at radius 3 is 2.29 bits per heavy atom. The molecule has 3 rings (SSSR count). The van der Waals surface area contributed by atoms with Crippen LogP contribution in [0.25, 0.3) is 0 Å². The standard InChI is InChI=1S/C31H43N3O4/c1-8-21(3)26(33-30(37)38-31(5,6)7)29(36)34(24-16-12-17-24)27(23-15-11-13-20(2)19-23)28(35)32-25-18-10-9-14-22(25)4/h9-11,13-15,18-19,21,24,26-27H,8,12,16-17H2,1-7H3,(H,32,35)(H,33,37). The molecule has 1 saturated carbocycles. The molecule has 3 amide bonds. The molecule has 7 nitrogen and oxygen atoms in total. The normalized spacial score (nSPS) is 16.0. The van der Waals surface area contributed by atoms with Crippen molar-refractivity contribution in [3.63, 3.8) is 0 Å². The number of rotatable bonds is 9. The summed E-state index contributed by atoms with van der Waals surface area (Å²) in [5.41, 5.74) is 2.70. The maximum Gasteiger partial charge on any atom is 0.408 e. The second-order valence-electron chi connectivity index (χ2n) is 11.5. The molecular weight excluding hydrogens is 478 g/mol. The van der Waals surface area contributed by atoms with Crippen LogP contribution < -0.4 is 10.6 Å². The molecule has 0 heterocycles. The molecule has 3 unspecified atom stereocenters. The third-order valence-electron chi connectivity index (χ3n) is 7.16. The largest absolute Gasteiger partial charge is 0.444 e. The number of carbonyl (C=O) groups excluding carboxylic acids is 3. The van der Waals surface area contributed by atoms with E-state index in [-0.39, 0.29) is 23.8 Å². The number of ether oxygens (including phenoxy) is 1. The van der Waals surface area contributed by atoms with Crippen molar-refractivity contribution in [3.05, 3.63) is 65.2 Å². The van der Waals surface area contributed by atoms with Gasteiger partial charge in [0.2, 0.25) is 5.91 Å². The van der Waals surface area contributed by atoms with E-state index in [1.165, 1.54) is 0 Å². The highest BCUT2D eigenvalue weighted by molar-refractivity contribution is 5.99. The van der Waals surface area contributed by atoms with Gasteiger partial charge < -0.3 is 20.3 Å². The zero-order valence-corrected chi connectivity index (χ0v) is 23.8. The smallest absolute Gasteiger partial charge is 0.408 e. The second-order valence-corrected chi connectivity index (χ2v) is 11.5. The van der Waals surface area contributed by atoms with Crippen LogP contribution in [0, 0.1) is 19.8 Å². The van der Waals surface area contributed by atoms with E-state index in [0.717, 1.165) is 36.0 Å². The molecule has 0 bridgehead atoms. The fourth-order valence-electron chi connectivity index (χ4n) is 4.65. The third-order valence-corrected chi connectivity index (χ3v) is 7.16. The van der Waals surface area contributed by atoms with Crippen molar-refractivity contribution in [2.24, 2.45) is 5.92 Å². The van der Waals surface area contributed by atoms with Gasteiger partial charge in [-0.25, -0.2) is 4.79 Å². The second kappa shape index (κ2) is 12.5. The molecule has 1 fully saturated rings. The third kappa shape index (κ3) is 7.36. The number of hydrogen-bond donors (Lipinski definition) is 2. The van der Waals surface area contributed by atoms with E-state index in [1.807, 2.05) is 76.2 Å². The average Bonchev–Trinajstić information content (AvgIpc) is 2.80. The molecule has 2 N–H and O–H groups in total. The van der Waals surface area contributed by atoms with Gasteiger partial charge >= 0.3 is 6.09 Å². The van der Waals surface area contributed by atoms with E-state index in [1.54, 1.807) is 25.7 Å². The van der Waals surface area contributed by atoms with Gasteiger partial charge in [0.25, 0.3) is 5.91 Å². The zero-order chi connectivity index (χ0) is 28.0. The number of benzene rings is 2. The van der Waals surface area contributed by atoms with Crippen molar-refractivity contribution in [3.8, 4) is 0 Å². The van der Waals surface area contributed by atoms with Crippen LogP contribution >= 0.6 is 0 Å². The molecule has 1 aliphatic rings. The molecular formula is C31H43N3O4. The van der Waals surface area contributed by atoms with E-state index < -0.39 is 23.8 Å². The molecule has 2 aromatic carbocycles. The zero-order valence-electron chi connectivity index (χ0n) is 23.8. The maximum absolute atomic E-state index is 14.4. The number of anilines is 1. The Morgan fingerprint density at radius 1 is 1.05 bits per heavy atom. The Morgan fingerprint density at radius 2 is 1.74 bits per heavy atom. The molecule has 2 aromatic rings.